The van der Waals surface area contributed by atoms with E-state index in [-0.39, 0.29) is 5.91 Å². The molecule has 1 aliphatic heterocycles. The van der Waals surface area contributed by atoms with E-state index in [1.165, 1.54) is 0 Å². The number of aromatic nitrogens is 1. The third kappa shape index (κ3) is 4.62. The molecule has 0 atom stereocenters. The maximum atomic E-state index is 13.9. The van der Waals surface area contributed by atoms with Gasteiger partial charge in [-0.05, 0) is 47.9 Å². The second-order valence-electron chi connectivity index (χ2n) is 8.31. The number of rotatable bonds is 6. The lowest BCUT2D eigenvalue weighted by Gasteiger charge is -2.28. The number of halogens is 1. The van der Waals surface area contributed by atoms with Gasteiger partial charge >= 0.3 is 0 Å². The van der Waals surface area contributed by atoms with Crippen molar-refractivity contribution in [2.45, 2.75) is 13.3 Å². The first kappa shape index (κ1) is 22.3. The van der Waals surface area contributed by atoms with Gasteiger partial charge in [-0.15, -0.1) is 0 Å². The first-order chi connectivity index (χ1) is 16.1. The highest BCUT2D eigenvalue weighted by Crippen LogP contribution is 2.34. The standard InChI is InChI=1S/C26H26ClN3O2S/c1-18-22(27)10-11-23-24(18)28-26(33-23)30(13-5-12-29-14-16-32-17-15-29)25(31)21-9-4-7-19-6-2-3-8-20(19)21/h2-4,6-11H,5,12-17H2,1H3. The highest BCUT2D eigenvalue weighted by molar-refractivity contribution is 7.22. The zero-order valence-corrected chi connectivity index (χ0v) is 20.2. The van der Waals surface area contributed by atoms with Gasteiger partial charge in [0.05, 0.1) is 23.4 Å². The summed E-state index contributed by atoms with van der Waals surface area (Å²) in [7, 11) is 0. The molecule has 0 spiro atoms. The van der Waals surface area contributed by atoms with E-state index in [1.54, 1.807) is 11.3 Å². The van der Waals surface area contributed by atoms with Crippen molar-refractivity contribution in [2.24, 2.45) is 0 Å². The predicted octanol–water partition coefficient (Wildman–Crippen LogP) is 5.78. The van der Waals surface area contributed by atoms with E-state index in [2.05, 4.69) is 4.90 Å². The van der Waals surface area contributed by atoms with Gasteiger partial charge in [-0.2, -0.15) is 0 Å². The third-order valence-corrected chi connectivity index (χ3v) is 7.65. The van der Waals surface area contributed by atoms with E-state index in [1.807, 2.05) is 66.4 Å². The number of anilines is 1. The molecule has 33 heavy (non-hydrogen) atoms. The lowest BCUT2D eigenvalue weighted by atomic mass is 10.0. The minimum absolute atomic E-state index is 0.0171. The van der Waals surface area contributed by atoms with E-state index in [9.17, 15) is 4.79 Å². The topological polar surface area (TPSA) is 45.7 Å². The summed E-state index contributed by atoms with van der Waals surface area (Å²) in [5, 5.41) is 3.43. The van der Waals surface area contributed by atoms with Crippen LogP contribution in [0.3, 0.4) is 0 Å². The Labute approximate surface area is 202 Å². The Kier molecular flexibility index (Phi) is 6.60. The Morgan fingerprint density at radius 2 is 1.91 bits per heavy atom. The van der Waals surface area contributed by atoms with Crippen molar-refractivity contribution in [1.82, 2.24) is 9.88 Å². The van der Waals surface area contributed by atoms with Gasteiger partial charge in [0, 0.05) is 36.8 Å². The molecule has 170 valence electrons. The van der Waals surface area contributed by atoms with Crippen molar-refractivity contribution in [3.63, 3.8) is 0 Å². The Bertz CT molecular complexity index is 1290. The van der Waals surface area contributed by atoms with Crippen molar-refractivity contribution in [3.8, 4) is 0 Å². The molecule has 5 nitrogen and oxygen atoms in total. The molecule has 0 aliphatic carbocycles. The van der Waals surface area contributed by atoms with Crippen molar-refractivity contribution < 1.29 is 9.53 Å². The summed E-state index contributed by atoms with van der Waals surface area (Å²) in [5.41, 5.74) is 2.52. The molecule has 1 amide bonds. The van der Waals surface area contributed by atoms with Crippen LogP contribution in [0, 0.1) is 6.92 Å². The molecule has 0 unspecified atom stereocenters. The minimum Gasteiger partial charge on any atom is -0.379 e. The van der Waals surface area contributed by atoms with Crippen molar-refractivity contribution in [1.29, 1.82) is 0 Å². The molecule has 4 aromatic rings. The number of thiazole rings is 1. The number of amides is 1. The molecule has 1 aromatic heterocycles. The fraction of sp³-hybridized carbons (Fsp3) is 0.308. The lowest BCUT2D eigenvalue weighted by Crippen LogP contribution is -2.39. The number of fused-ring (bicyclic) bond motifs is 2. The molecular formula is C26H26ClN3O2S. The van der Waals surface area contributed by atoms with Crippen LogP contribution in [0.2, 0.25) is 5.02 Å². The van der Waals surface area contributed by atoms with E-state index < -0.39 is 0 Å². The zero-order valence-electron chi connectivity index (χ0n) is 18.6. The number of hydrogen-bond acceptors (Lipinski definition) is 5. The molecule has 2 heterocycles. The second kappa shape index (κ2) is 9.77. The minimum atomic E-state index is -0.0171. The summed E-state index contributed by atoms with van der Waals surface area (Å²) >= 11 is 7.88. The summed E-state index contributed by atoms with van der Waals surface area (Å²) in [6, 6.07) is 17.8. The monoisotopic (exact) mass is 479 g/mol. The summed E-state index contributed by atoms with van der Waals surface area (Å²) in [6.07, 6.45) is 0.867. The van der Waals surface area contributed by atoms with Crippen LogP contribution in [0.5, 0.6) is 0 Å². The summed E-state index contributed by atoms with van der Waals surface area (Å²) in [5.74, 6) is -0.0171. The Hall–Kier alpha value is -2.51. The van der Waals surface area contributed by atoms with Gasteiger partial charge in [0.25, 0.3) is 5.91 Å². The molecule has 7 heteroatoms. The normalized spacial score (nSPS) is 14.7. The van der Waals surface area contributed by atoms with Crippen molar-refractivity contribution in [3.05, 3.63) is 70.7 Å². The number of ether oxygens (including phenoxy) is 1. The largest absolute Gasteiger partial charge is 0.379 e. The number of carbonyl (C=O) groups is 1. The molecule has 0 N–H and O–H groups in total. The fourth-order valence-electron chi connectivity index (χ4n) is 4.32. The van der Waals surface area contributed by atoms with Crippen LogP contribution < -0.4 is 4.90 Å². The molecule has 0 radical (unpaired) electrons. The van der Waals surface area contributed by atoms with Crippen LogP contribution in [-0.2, 0) is 4.74 Å². The highest BCUT2D eigenvalue weighted by Gasteiger charge is 2.24. The average Bonchev–Trinajstić information content (AvgIpc) is 3.29. The molecule has 0 saturated carbocycles. The van der Waals surface area contributed by atoms with E-state index in [0.717, 1.165) is 71.0 Å². The summed E-state index contributed by atoms with van der Waals surface area (Å²) < 4.78 is 6.50. The number of carbonyl (C=O) groups excluding carboxylic acids is 1. The predicted molar refractivity (Wildman–Crippen MR) is 137 cm³/mol. The van der Waals surface area contributed by atoms with Crippen molar-refractivity contribution >= 4 is 55.0 Å². The van der Waals surface area contributed by atoms with Gasteiger partial charge in [-0.3, -0.25) is 14.6 Å². The van der Waals surface area contributed by atoms with Crippen LogP contribution in [-0.4, -0.2) is 55.2 Å². The summed E-state index contributed by atoms with van der Waals surface area (Å²) in [4.78, 5) is 23.0. The number of hydrogen-bond donors (Lipinski definition) is 0. The number of nitrogens with zero attached hydrogens (tertiary/aromatic N) is 3. The van der Waals surface area contributed by atoms with Gasteiger partial charge < -0.3 is 4.74 Å². The van der Waals surface area contributed by atoms with Crippen molar-refractivity contribution in [2.75, 3.05) is 44.3 Å². The lowest BCUT2D eigenvalue weighted by molar-refractivity contribution is 0.0376. The Morgan fingerprint density at radius 3 is 2.76 bits per heavy atom. The Morgan fingerprint density at radius 1 is 1.12 bits per heavy atom. The van der Waals surface area contributed by atoms with Gasteiger partial charge in [0.2, 0.25) is 0 Å². The molecule has 1 fully saturated rings. The van der Waals surface area contributed by atoms with Gasteiger partial charge in [0.15, 0.2) is 5.13 Å². The van der Waals surface area contributed by atoms with Crippen LogP contribution in [0.1, 0.15) is 22.3 Å². The zero-order chi connectivity index (χ0) is 22.8. The molecule has 1 aliphatic rings. The fourth-order valence-corrected chi connectivity index (χ4v) is 5.52. The van der Waals surface area contributed by atoms with Crippen LogP contribution >= 0.6 is 22.9 Å². The summed E-state index contributed by atoms with van der Waals surface area (Å²) in [6.45, 7) is 6.94. The average molecular weight is 480 g/mol. The van der Waals surface area contributed by atoms with Gasteiger partial charge in [0.1, 0.15) is 0 Å². The first-order valence-electron chi connectivity index (χ1n) is 11.3. The molecule has 0 bridgehead atoms. The van der Waals surface area contributed by atoms with Crippen LogP contribution in [0.25, 0.3) is 21.0 Å². The van der Waals surface area contributed by atoms with E-state index in [4.69, 9.17) is 21.3 Å². The van der Waals surface area contributed by atoms with E-state index >= 15 is 0 Å². The number of benzene rings is 3. The SMILES string of the molecule is Cc1c(Cl)ccc2sc(N(CCCN3CCOCC3)C(=O)c3cccc4ccccc34)nc12. The van der Waals surface area contributed by atoms with E-state index in [0.29, 0.717) is 17.1 Å². The highest BCUT2D eigenvalue weighted by atomic mass is 35.5. The van der Waals surface area contributed by atoms with Gasteiger partial charge in [-0.1, -0.05) is 59.3 Å². The second-order valence-corrected chi connectivity index (χ2v) is 9.72. The third-order valence-electron chi connectivity index (χ3n) is 6.19. The first-order valence-corrected chi connectivity index (χ1v) is 12.5. The molecular weight excluding hydrogens is 454 g/mol. The quantitative estimate of drug-likeness (QED) is 0.351. The smallest absolute Gasteiger partial charge is 0.260 e. The van der Waals surface area contributed by atoms with Crippen LogP contribution in [0.4, 0.5) is 5.13 Å². The Balaban J connectivity index is 1.49. The molecule has 1 saturated heterocycles. The van der Waals surface area contributed by atoms with Gasteiger partial charge in [-0.25, -0.2) is 4.98 Å². The maximum absolute atomic E-state index is 13.9. The molecule has 3 aromatic carbocycles. The van der Waals surface area contributed by atoms with Crippen LogP contribution in [0.15, 0.2) is 54.6 Å². The number of morpholine rings is 1. The number of aryl methyl sites for hydroxylation is 1. The molecule has 5 rings (SSSR count). The maximum Gasteiger partial charge on any atom is 0.260 e.